The number of urea groups is 1. The normalized spacial score (nSPS) is 18.7. The molecule has 0 spiro atoms. The van der Waals surface area contributed by atoms with Gasteiger partial charge in [0.15, 0.2) is 0 Å². The van der Waals surface area contributed by atoms with Crippen LogP contribution in [0, 0.1) is 0 Å². The summed E-state index contributed by atoms with van der Waals surface area (Å²) in [6.07, 6.45) is 5.29. The third-order valence-corrected chi connectivity index (χ3v) is 6.39. The number of ether oxygens (including phenoxy) is 1. The number of amides is 3. The Labute approximate surface area is 184 Å². The van der Waals surface area contributed by atoms with Gasteiger partial charge in [-0.2, -0.15) is 0 Å². The van der Waals surface area contributed by atoms with Gasteiger partial charge in [0.05, 0.1) is 7.11 Å². The molecule has 1 unspecified atom stereocenters. The highest BCUT2D eigenvalue weighted by Gasteiger charge is 2.27. The van der Waals surface area contributed by atoms with Crippen molar-refractivity contribution >= 4 is 17.6 Å². The van der Waals surface area contributed by atoms with Gasteiger partial charge in [-0.3, -0.25) is 4.79 Å². The van der Waals surface area contributed by atoms with Crippen LogP contribution in [-0.4, -0.2) is 43.1 Å². The summed E-state index contributed by atoms with van der Waals surface area (Å²) in [5.41, 5.74) is 3.39. The van der Waals surface area contributed by atoms with Crippen LogP contribution in [-0.2, 0) is 11.2 Å². The molecule has 1 saturated heterocycles. The highest BCUT2D eigenvalue weighted by Crippen LogP contribution is 2.35. The zero-order valence-electron chi connectivity index (χ0n) is 18.1. The molecule has 6 heteroatoms. The maximum absolute atomic E-state index is 12.7. The van der Waals surface area contributed by atoms with Crippen molar-refractivity contribution in [2.75, 3.05) is 25.5 Å². The average Bonchev–Trinajstić information content (AvgIpc) is 2.80. The first-order valence-electron chi connectivity index (χ1n) is 11.2. The van der Waals surface area contributed by atoms with E-state index in [1.54, 1.807) is 7.11 Å². The maximum Gasteiger partial charge on any atom is 0.321 e. The number of hydrogen-bond acceptors (Lipinski definition) is 3. The largest absolute Gasteiger partial charge is 0.497 e. The Morgan fingerprint density at radius 1 is 1.06 bits per heavy atom. The summed E-state index contributed by atoms with van der Waals surface area (Å²) < 4.78 is 5.34. The zero-order chi connectivity index (χ0) is 21.6. The Kier molecular flexibility index (Phi) is 6.75. The summed E-state index contributed by atoms with van der Waals surface area (Å²) in [7, 11) is 1.69. The van der Waals surface area contributed by atoms with E-state index in [1.807, 2.05) is 41.3 Å². The fourth-order valence-corrected chi connectivity index (χ4v) is 4.69. The van der Waals surface area contributed by atoms with Crippen LogP contribution in [0.25, 0.3) is 0 Å². The van der Waals surface area contributed by atoms with Gasteiger partial charge in [-0.1, -0.05) is 24.3 Å². The molecule has 1 heterocycles. The Hall–Kier alpha value is -3.02. The highest BCUT2D eigenvalue weighted by atomic mass is 16.5. The van der Waals surface area contributed by atoms with Crippen LogP contribution in [0.1, 0.15) is 49.1 Å². The second-order valence-corrected chi connectivity index (χ2v) is 8.48. The number of nitrogens with one attached hydrogen (secondary N) is 2. The minimum Gasteiger partial charge on any atom is -0.497 e. The minimum absolute atomic E-state index is 0.0785. The SMILES string of the molecule is COc1ccc2c(c1)CCCC2CC(=O)NC1CCN(C(=O)Nc2ccccc2)CC1. The molecule has 6 nitrogen and oxygen atoms in total. The van der Waals surface area contributed by atoms with E-state index in [1.165, 1.54) is 11.1 Å². The van der Waals surface area contributed by atoms with Gasteiger partial charge in [0.1, 0.15) is 5.75 Å². The molecule has 0 aromatic heterocycles. The number of piperidine rings is 1. The standard InChI is InChI=1S/C25H31N3O3/c1-31-22-10-11-23-18(16-22)6-5-7-19(23)17-24(29)26-21-12-14-28(15-13-21)25(30)27-20-8-3-2-4-9-20/h2-4,8-11,16,19,21H,5-7,12-15,17H2,1H3,(H,26,29)(H,27,30). The highest BCUT2D eigenvalue weighted by molar-refractivity contribution is 5.89. The lowest BCUT2D eigenvalue weighted by Gasteiger charge is -2.33. The van der Waals surface area contributed by atoms with Gasteiger partial charge < -0.3 is 20.3 Å². The molecule has 164 valence electrons. The Morgan fingerprint density at radius 2 is 1.84 bits per heavy atom. The van der Waals surface area contributed by atoms with Gasteiger partial charge in [-0.05, 0) is 73.4 Å². The topological polar surface area (TPSA) is 70.7 Å². The first-order chi connectivity index (χ1) is 15.1. The molecule has 0 bridgehead atoms. The molecule has 0 saturated carbocycles. The lowest BCUT2D eigenvalue weighted by Crippen LogP contribution is -2.47. The number of benzene rings is 2. The van der Waals surface area contributed by atoms with Crippen LogP contribution in [0.4, 0.5) is 10.5 Å². The van der Waals surface area contributed by atoms with Crippen LogP contribution in [0.3, 0.4) is 0 Å². The lowest BCUT2D eigenvalue weighted by atomic mass is 9.81. The van der Waals surface area contributed by atoms with Gasteiger partial charge in [0, 0.05) is 31.2 Å². The van der Waals surface area contributed by atoms with Crippen molar-refractivity contribution in [3.05, 3.63) is 59.7 Å². The van der Waals surface area contributed by atoms with E-state index in [0.717, 1.165) is 43.5 Å². The van der Waals surface area contributed by atoms with E-state index < -0.39 is 0 Å². The maximum atomic E-state index is 12.7. The quantitative estimate of drug-likeness (QED) is 0.755. The molecule has 4 rings (SSSR count). The van der Waals surface area contributed by atoms with Crippen molar-refractivity contribution in [1.29, 1.82) is 0 Å². The van der Waals surface area contributed by atoms with Gasteiger partial charge >= 0.3 is 6.03 Å². The molecule has 3 amide bonds. The molecule has 1 atom stereocenters. The minimum atomic E-state index is -0.0785. The van der Waals surface area contributed by atoms with E-state index in [2.05, 4.69) is 22.8 Å². The van der Waals surface area contributed by atoms with E-state index in [0.29, 0.717) is 19.5 Å². The number of hydrogen-bond donors (Lipinski definition) is 2. The van der Waals surface area contributed by atoms with Gasteiger partial charge in [0.2, 0.25) is 5.91 Å². The number of rotatable bonds is 5. The van der Waals surface area contributed by atoms with Crippen LogP contribution < -0.4 is 15.4 Å². The second-order valence-electron chi connectivity index (χ2n) is 8.48. The average molecular weight is 422 g/mol. The van der Waals surface area contributed by atoms with Crippen LogP contribution in [0.15, 0.2) is 48.5 Å². The first-order valence-corrected chi connectivity index (χ1v) is 11.2. The zero-order valence-corrected chi connectivity index (χ0v) is 18.1. The molecule has 2 aromatic carbocycles. The van der Waals surface area contributed by atoms with Gasteiger partial charge in [0.25, 0.3) is 0 Å². The summed E-state index contributed by atoms with van der Waals surface area (Å²) >= 11 is 0. The Balaban J connectivity index is 1.25. The molecule has 2 aromatic rings. The summed E-state index contributed by atoms with van der Waals surface area (Å²) in [6, 6.07) is 15.8. The Morgan fingerprint density at radius 3 is 2.58 bits per heavy atom. The molecule has 1 aliphatic heterocycles. The third-order valence-electron chi connectivity index (χ3n) is 6.39. The molecule has 31 heavy (non-hydrogen) atoms. The van der Waals surface area contributed by atoms with Crippen LogP contribution in [0.5, 0.6) is 5.75 Å². The van der Waals surface area contributed by atoms with Crippen molar-refractivity contribution in [3.63, 3.8) is 0 Å². The molecule has 2 aliphatic rings. The number of fused-ring (bicyclic) bond motifs is 1. The number of likely N-dealkylation sites (tertiary alicyclic amines) is 1. The van der Waals surface area contributed by atoms with E-state index in [4.69, 9.17) is 4.74 Å². The van der Waals surface area contributed by atoms with E-state index >= 15 is 0 Å². The smallest absolute Gasteiger partial charge is 0.321 e. The number of carbonyl (C=O) groups excluding carboxylic acids is 2. The second kappa shape index (κ2) is 9.86. The predicted octanol–water partition coefficient (Wildman–Crippen LogP) is 4.32. The molecule has 1 fully saturated rings. The van der Waals surface area contributed by atoms with Gasteiger partial charge in [-0.25, -0.2) is 4.79 Å². The van der Waals surface area contributed by atoms with Crippen molar-refractivity contribution < 1.29 is 14.3 Å². The van der Waals surface area contributed by atoms with Crippen molar-refractivity contribution in [3.8, 4) is 5.75 Å². The number of methoxy groups -OCH3 is 1. The van der Waals surface area contributed by atoms with Crippen LogP contribution >= 0.6 is 0 Å². The van der Waals surface area contributed by atoms with Crippen molar-refractivity contribution in [2.24, 2.45) is 0 Å². The Bertz CT molecular complexity index is 907. The fraction of sp³-hybridized carbons (Fsp3) is 0.440. The molecular formula is C25H31N3O3. The van der Waals surface area contributed by atoms with E-state index in [-0.39, 0.29) is 23.9 Å². The molecule has 2 N–H and O–H groups in total. The predicted molar refractivity (Wildman–Crippen MR) is 121 cm³/mol. The lowest BCUT2D eigenvalue weighted by molar-refractivity contribution is -0.122. The van der Waals surface area contributed by atoms with Crippen LogP contribution in [0.2, 0.25) is 0 Å². The van der Waals surface area contributed by atoms with Gasteiger partial charge in [-0.15, -0.1) is 0 Å². The number of anilines is 1. The summed E-state index contributed by atoms with van der Waals surface area (Å²) in [6.45, 7) is 1.30. The number of aryl methyl sites for hydroxylation is 1. The summed E-state index contributed by atoms with van der Waals surface area (Å²) in [4.78, 5) is 27.0. The van der Waals surface area contributed by atoms with E-state index in [9.17, 15) is 9.59 Å². The molecule has 0 radical (unpaired) electrons. The molecule has 1 aliphatic carbocycles. The van der Waals surface area contributed by atoms with Crippen molar-refractivity contribution in [2.45, 2.75) is 50.5 Å². The number of nitrogens with zero attached hydrogens (tertiary/aromatic N) is 1. The third kappa shape index (κ3) is 5.37. The monoisotopic (exact) mass is 421 g/mol. The van der Waals surface area contributed by atoms with Crippen molar-refractivity contribution in [1.82, 2.24) is 10.2 Å². The summed E-state index contributed by atoms with van der Waals surface area (Å²) in [5, 5.41) is 6.14. The summed E-state index contributed by atoms with van der Waals surface area (Å²) in [5.74, 6) is 1.26. The molecular weight excluding hydrogens is 390 g/mol. The fourth-order valence-electron chi connectivity index (χ4n) is 4.69. The number of para-hydroxylation sites is 1. The number of carbonyl (C=O) groups is 2. The first kappa shape index (κ1) is 21.2.